The molecule has 0 fully saturated rings. The van der Waals surface area contributed by atoms with Crippen molar-refractivity contribution in [2.24, 2.45) is 0 Å². The second kappa shape index (κ2) is 10.3. The van der Waals surface area contributed by atoms with Gasteiger partial charge in [-0.05, 0) is 60.1 Å². The molecule has 0 atom stereocenters. The van der Waals surface area contributed by atoms with E-state index in [1.165, 1.54) is 11.3 Å². The van der Waals surface area contributed by atoms with E-state index in [1.807, 2.05) is 91.9 Å². The number of aromatic hydroxyl groups is 1. The standard InChI is InChI=1S/C29H23N3O2S2/c1-18-16-21(17-22(26(18)33)28-31-23-14-8-9-15-24(23)36-28)30-29(35)32-27(34)25(19-10-4-2-5-11-19)20-12-6-3-7-13-20/h2-17,25,33H,1H3,(H2,30,32,34,35). The maximum absolute atomic E-state index is 13.4. The highest BCUT2D eigenvalue weighted by atomic mass is 32.1. The van der Waals surface area contributed by atoms with E-state index in [2.05, 4.69) is 15.6 Å². The molecule has 0 saturated carbocycles. The Kier molecular flexibility index (Phi) is 6.75. The van der Waals surface area contributed by atoms with Gasteiger partial charge in [-0.3, -0.25) is 4.79 Å². The molecule has 3 N–H and O–H groups in total. The molecule has 0 aliphatic carbocycles. The highest BCUT2D eigenvalue weighted by molar-refractivity contribution is 7.80. The number of carbonyl (C=O) groups is 1. The molecule has 5 rings (SSSR count). The van der Waals surface area contributed by atoms with Crippen LogP contribution < -0.4 is 10.6 Å². The van der Waals surface area contributed by atoms with Gasteiger partial charge < -0.3 is 15.7 Å². The van der Waals surface area contributed by atoms with E-state index in [1.54, 1.807) is 12.1 Å². The topological polar surface area (TPSA) is 74.2 Å². The van der Waals surface area contributed by atoms with Crippen LogP contribution in [0.5, 0.6) is 5.75 Å². The summed E-state index contributed by atoms with van der Waals surface area (Å²) in [4.78, 5) is 18.0. The fourth-order valence-corrected chi connectivity index (χ4v) is 5.34. The molecule has 0 aliphatic heterocycles. The average Bonchev–Trinajstić information content (AvgIpc) is 3.31. The molecule has 7 heteroatoms. The lowest BCUT2D eigenvalue weighted by Gasteiger charge is -2.19. The van der Waals surface area contributed by atoms with Gasteiger partial charge in [0, 0.05) is 5.69 Å². The van der Waals surface area contributed by atoms with Gasteiger partial charge >= 0.3 is 0 Å². The Bertz CT molecular complexity index is 1480. The molecule has 5 nitrogen and oxygen atoms in total. The number of hydrogen-bond donors (Lipinski definition) is 3. The first kappa shape index (κ1) is 23.7. The molecule has 0 spiro atoms. The number of aryl methyl sites for hydroxylation is 1. The number of phenols is 1. The number of anilines is 1. The summed E-state index contributed by atoms with van der Waals surface area (Å²) in [5, 5.41) is 17.6. The highest BCUT2D eigenvalue weighted by Gasteiger charge is 2.23. The van der Waals surface area contributed by atoms with Crippen LogP contribution in [-0.2, 0) is 4.79 Å². The number of carbonyl (C=O) groups excluding carboxylic acids is 1. The summed E-state index contributed by atoms with van der Waals surface area (Å²) < 4.78 is 1.04. The minimum atomic E-state index is -0.507. The molecule has 0 bridgehead atoms. The molecule has 0 unspecified atom stereocenters. The molecular formula is C29H23N3O2S2. The van der Waals surface area contributed by atoms with Crippen molar-refractivity contribution in [3.05, 3.63) is 114 Å². The van der Waals surface area contributed by atoms with Crippen molar-refractivity contribution in [2.45, 2.75) is 12.8 Å². The number of thiazole rings is 1. The fraction of sp³-hybridized carbons (Fsp3) is 0.0690. The zero-order valence-electron chi connectivity index (χ0n) is 19.4. The summed E-state index contributed by atoms with van der Waals surface area (Å²) >= 11 is 7.01. The Morgan fingerprint density at radius 2 is 1.53 bits per heavy atom. The Morgan fingerprint density at radius 3 is 2.17 bits per heavy atom. The minimum Gasteiger partial charge on any atom is -0.507 e. The average molecular weight is 510 g/mol. The maximum Gasteiger partial charge on any atom is 0.238 e. The monoisotopic (exact) mass is 509 g/mol. The van der Waals surface area contributed by atoms with Crippen LogP contribution in [0.1, 0.15) is 22.6 Å². The predicted molar refractivity (Wildman–Crippen MR) is 151 cm³/mol. The van der Waals surface area contributed by atoms with E-state index < -0.39 is 5.92 Å². The van der Waals surface area contributed by atoms with Gasteiger partial charge in [-0.25, -0.2) is 4.98 Å². The van der Waals surface area contributed by atoms with Crippen LogP contribution >= 0.6 is 23.6 Å². The Hall–Kier alpha value is -4.07. The normalized spacial score (nSPS) is 10.9. The van der Waals surface area contributed by atoms with E-state index in [0.29, 0.717) is 21.8 Å². The van der Waals surface area contributed by atoms with Gasteiger partial charge in [0.1, 0.15) is 10.8 Å². The predicted octanol–water partition coefficient (Wildman–Crippen LogP) is 6.62. The number of phenolic OH excluding ortho intramolecular Hbond substituents is 1. The molecule has 1 aromatic heterocycles. The quantitative estimate of drug-likeness (QED) is 0.183. The maximum atomic E-state index is 13.4. The number of aromatic nitrogens is 1. The number of fused-ring (bicyclic) bond motifs is 1. The summed E-state index contributed by atoms with van der Waals surface area (Å²) in [6.45, 7) is 1.82. The molecular weight excluding hydrogens is 486 g/mol. The molecule has 0 saturated heterocycles. The second-order valence-electron chi connectivity index (χ2n) is 8.37. The van der Waals surface area contributed by atoms with Crippen molar-refractivity contribution < 1.29 is 9.90 Å². The van der Waals surface area contributed by atoms with Gasteiger partial charge in [-0.2, -0.15) is 0 Å². The summed E-state index contributed by atoms with van der Waals surface area (Å²) in [5.74, 6) is -0.568. The third-order valence-corrected chi connectivity index (χ3v) is 7.12. The summed E-state index contributed by atoms with van der Waals surface area (Å²) in [6, 6.07) is 30.7. The van der Waals surface area contributed by atoms with E-state index in [-0.39, 0.29) is 16.8 Å². The third kappa shape index (κ3) is 4.98. The second-order valence-corrected chi connectivity index (χ2v) is 9.81. The SMILES string of the molecule is Cc1cc(NC(=S)NC(=O)C(c2ccccc2)c2ccccc2)cc(-c2nc3ccccc3s2)c1O. The molecule has 1 heterocycles. The van der Waals surface area contributed by atoms with Gasteiger partial charge in [-0.15, -0.1) is 11.3 Å². The number of benzene rings is 4. The zero-order valence-corrected chi connectivity index (χ0v) is 21.1. The van der Waals surface area contributed by atoms with Crippen LogP contribution in [0.25, 0.3) is 20.8 Å². The van der Waals surface area contributed by atoms with Crippen LogP contribution in [0, 0.1) is 6.92 Å². The van der Waals surface area contributed by atoms with Crippen LogP contribution in [0.2, 0.25) is 0 Å². The number of rotatable bonds is 5. The molecule has 178 valence electrons. The lowest BCUT2D eigenvalue weighted by Crippen LogP contribution is -2.37. The van der Waals surface area contributed by atoms with E-state index in [4.69, 9.17) is 12.2 Å². The summed E-state index contributed by atoms with van der Waals surface area (Å²) in [5.41, 5.74) is 4.57. The fourth-order valence-electron chi connectivity index (χ4n) is 4.13. The molecule has 4 aromatic carbocycles. The molecule has 36 heavy (non-hydrogen) atoms. The smallest absolute Gasteiger partial charge is 0.238 e. The Morgan fingerprint density at radius 1 is 0.917 bits per heavy atom. The van der Waals surface area contributed by atoms with Crippen LogP contribution in [0.3, 0.4) is 0 Å². The van der Waals surface area contributed by atoms with E-state index in [0.717, 1.165) is 21.3 Å². The minimum absolute atomic E-state index is 0.169. The van der Waals surface area contributed by atoms with E-state index in [9.17, 15) is 9.90 Å². The number of nitrogens with zero attached hydrogens (tertiary/aromatic N) is 1. The lowest BCUT2D eigenvalue weighted by atomic mass is 9.90. The van der Waals surface area contributed by atoms with Crippen molar-refractivity contribution in [3.63, 3.8) is 0 Å². The number of thiocarbonyl (C=S) groups is 1. The first-order valence-corrected chi connectivity index (χ1v) is 12.6. The van der Waals surface area contributed by atoms with Crippen LogP contribution in [-0.4, -0.2) is 21.1 Å². The van der Waals surface area contributed by atoms with Crippen molar-refractivity contribution >= 4 is 50.5 Å². The van der Waals surface area contributed by atoms with Gasteiger partial charge in [0.25, 0.3) is 0 Å². The molecule has 0 aliphatic rings. The third-order valence-electron chi connectivity index (χ3n) is 5.85. The lowest BCUT2D eigenvalue weighted by molar-refractivity contribution is -0.120. The molecule has 5 aromatic rings. The Balaban J connectivity index is 1.39. The molecule has 0 radical (unpaired) electrons. The molecule has 1 amide bonds. The van der Waals surface area contributed by atoms with Gasteiger partial charge in [0.2, 0.25) is 5.91 Å². The van der Waals surface area contributed by atoms with Gasteiger partial charge in [0.15, 0.2) is 5.11 Å². The van der Waals surface area contributed by atoms with E-state index >= 15 is 0 Å². The van der Waals surface area contributed by atoms with Crippen molar-refractivity contribution in [2.75, 3.05) is 5.32 Å². The zero-order chi connectivity index (χ0) is 25.1. The number of para-hydroxylation sites is 1. The van der Waals surface area contributed by atoms with Crippen molar-refractivity contribution in [1.29, 1.82) is 0 Å². The number of amides is 1. The number of nitrogens with one attached hydrogen (secondary N) is 2. The van der Waals surface area contributed by atoms with Crippen molar-refractivity contribution in [3.8, 4) is 16.3 Å². The first-order valence-electron chi connectivity index (χ1n) is 11.4. The number of hydrogen-bond acceptors (Lipinski definition) is 5. The largest absolute Gasteiger partial charge is 0.507 e. The summed E-state index contributed by atoms with van der Waals surface area (Å²) in [7, 11) is 0. The summed E-state index contributed by atoms with van der Waals surface area (Å²) in [6.07, 6.45) is 0. The van der Waals surface area contributed by atoms with Crippen molar-refractivity contribution in [1.82, 2.24) is 10.3 Å². The highest BCUT2D eigenvalue weighted by Crippen LogP contribution is 2.39. The van der Waals surface area contributed by atoms with Gasteiger partial charge in [-0.1, -0.05) is 72.8 Å². The van der Waals surface area contributed by atoms with Crippen LogP contribution in [0.4, 0.5) is 5.69 Å². The first-order chi connectivity index (χ1) is 17.5. The van der Waals surface area contributed by atoms with Crippen LogP contribution in [0.15, 0.2) is 97.1 Å². The van der Waals surface area contributed by atoms with Gasteiger partial charge in [0.05, 0.1) is 21.7 Å². The Labute approximate surface area is 218 Å².